The van der Waals surface area contributed by atoms with Crippen molar-refractivity contribution in [3.63, 3.8) is 0 Å². The van der Waals surface area contributed by atoms with Gasteiger partial charge in [-0.15, -0.1) is 0 Å². The van der Waals surface area contributed by atoms with Crippen LogP contribution >= 0.6 is 11.6 Å². The van der Waals surface area contributed by atoms with Crippen LogP contribution in [0.1, 0.15) is 35.3 Å². The molecule has 1 unspecified atom stereocenters. The van der Waals surface area contributed by atoms with Crippen molar-refractivity contribution in [1.82, 2.24) is 4.98 Å². The third-order valence-corrected chi connectivity index (χ3v) is 3.16. The number of ether oxygens (including phenoxy) is 1. The highest BCUT2D eigenvalue weighted by Crippen LogP contribution is 2.30. The van der Waals surface area contributed by atoms with E-state index in [1.807, 2.05) is 0 Å². The summed E-state index contributed by atoms with van der Waals surface area (Å²) in [5.41, 5.74) is -1.14. The van der Waals surface area contributed by atoms with Crippen LogP contribution in [0.3, 0.4) is 0 Å². The number of carbonyl (C=O) groups is 1. The van der Waals surface area contributed by atoms with Crippen LogP contribution < -0.4 is 0 Å². The van der Waals surface area contributed by atoms with Crippen molar-refractivity contribution in [2.45, 2.75) is 31.5 Å². The predicted molar refractivity (Wildman–Crippen MR) is 62.2 cm³/mol. The molecule has 0 amide bonds. The van der Waals surface area contributed by atoms with Crippen molar-refractivity contribution in [2.75, 3.05) is 6.61 Å². The first-order valence-electron chi connectivity index (χ1n) is 5.79. The molecule has 1 atom stereocenters. The molecule has 2 heterocycles. The predicted octanol–water partition coefficient (Wildman–Crippen LogP) is 3.51. The molecule has 1 aromatic heterocycles. The second-order valence-corrected chi connectivity index (χ2v) is 4.61. The van der Waals surface area contributed by atoms with Crippen LogP contribution in [0.25, 0.3) is 0 Å². The van der Waals surface area contributed by atoms with Crippen LogP contribution in [0.4, 0.5) is 13.2 Å². The van der Waals surface area contributed by atoms with Gasteiger partial charge < -0.3 is 4.74 Å². The minimum atomic E-state index is -4.58. The fourth-order valence-electron chi connectivity index (χ4n) is 1.90. The van der Waals surface area contributed by atoms with E-state index in [1.165, 1.54) is 0 Å². The fourth-order valence-corrected chi connectivity index (χ4v) is 2.14. The number of alkyl halides is 3. The maximum atomic E-state index is 12.4. The lowest BCUT2D eigenvalue weighted by Crippen LogP contribution is -2.28. The van der Waals surface area contributed by atoms with E-state index in [4.69, 9.17) is 16.3 Å². The third kappa shape index (κ3) is 3.25. The second kappa shape index (κ2) is 5.46. The van der Waals surface area contributed by atoms with Gasteiger partial charge in [0.2, 0.25) is 0 Å². The fraction of sp³-hybridized carbons (Fsp3) is 0.500. The molecule has 0 radical (unpaired) electrons. The number of hydrogen-bond donors (Lipinski definition) is 0. The summed E-state index contributed by atoms with van der Waals surface area (Å²) in [4.78, 5) is 15.3. The molecule has 2 rings (SSSR count). The molecule has 0 aromatic carbocycles. The quantitative estimate of drug-likeness (QED) is 0.619. The Morgan fingerprint density at radius 2 is 2.11 bits per heavy atom. The van der Waals surface area contributed by atoms with Crippen molar-refractivity contribution < 1.29 is 22.7 Å². The Morgan fingerprint density at radius 1 is 1.37 bits per heavy atom. The van der Waals surface area contributed by atoms with Crippen LogP contribution in [0.5, 0.6) is 0 Å². The lowest BCUT2D eigenvalue weighted by molar-refractivity contribution is -0.141. The van der Waals surface area contributed by atoms with E-state index < -0.39 is 28.9 Å². The van der Waals surface area contributed by atoms with Gasteiger partial charge in [-0.25, -0.2) is 4.98 Å². The molecule has 1 aromatic rings. The van der Waals surface area contributed by atoms with Crippen LogP contribution in [-0.4, -0.2) is 23.5 Å². The summed E-state index contributed by atoms with van der Waals surface area (Å²) in [5, 5.41) is -0.436. The lowest BCUT2D eigenvalue weighted by Gasteiger charge is -2.21. The molecule has 0 aliphatic carbocycles. The molecule has 0 N–H and O–H groups in total. The molecule has 0 saturated carbocycles. The number of ketones is 1. The number of rotatable bonds is 2. The molecule has 7 heteroatoms. The van der Waals surface area contributed by atoms with E-state index in [0.29, 0.717) is 13.0 Å². The molecular formula is C12H11ClF3NO2. The Kier molecular flexibility index (Phi) is 4.10. The summed E-state index contributed by atoms with van der Waals surface area (Å²) in [7, 11) is 0. The molecular weight excluding hydrogens is 283 g/mol. The van der Waals surface area contributed by atoms with Crippen LogP contribution in [0, 0.1) is 0 Å². The Bertz CT molecular complexity index is 484. The van der Waals surface area contributed by atoms with Gasteiger partial charge in [0.05, 0.1) is 5.56 Å². The van der Waals surface area contributed by atoms with Gasteiger partial charge in [-0.1, -0.05) is 11.6 Å². The minimum absolute atomic E-state index is 0.0263. The van der Waals surface area contributed by atoms with Crippen molar-refractivity contribution in [3.8, 4) is 0 Å². The largest absolute Gasteiger partial charge is 0.433 e. The highest BCUT2D eigenvalue weighted by Gasteiger charge is 2.34. The first-order valence-corrected chi connectivity index (χ1v) is 6.17. The number of halogens is 4. The van der Waals surface area contributed by atoms with E-state index in [1.54, 1.807) is 0 Å². The van der Waals surface area contributed by atoms with Gasteiger partial charge in [0.1, 0.15) is 17.0 Å². The molecule has 19 heavy (non-hydrogen) atoms. The highest BCUT2D eigenvalue weighted by atomic mass is 35.5. The number of pyridine rings is 1. The third-order valence-electron chi connectivity index (χ3n) is 2.88. The Hall–Kier alpha value is -1.14. The Labute approximate surface area is 112 Å². The monoisotopic (exact) mass is 293 g/mol. The summed E-state index contributed by atoms with van der Waals surface area (Å²) < 4.78 is 42.6. The van der Waals surface area contributed by atoms with Gasteiger partial charge in [0.25, 0.3) is 0 Å². The van der Waals surface area contributed by atoms with Gasteiger partial charge >= 0.3 is 6.18 Å². The van der Waals surface area contributed by atoms with Crippen LogP contribution in [-0.2, 0) is 10.9 Å². The molecule has 1 saturated heterocycles. The summed E-state index contributed by atoms with van der Waals surface area (Å²) in [6.45, 7) is 0.474. The van der Waals surface area contributed by atoms with E-state index in [-0.39, 0.29) is 5.56 Å². The minimum Gasteiger partial charge on any atom is -0.370 e. The first kappa shape index (κ1) is 14.3. The standard InChI is InChI=1S/C12H11ClF3NO2/c13-11-7(4-5-9(17-11)12(14,15)16)10(18)8-3-1-2-6-19-8/h4-5,8H,1-3,6H2. The van der Waals surface area contributed by atoms with Crippen molar-refractivity contribution in [2.24, 2.45) is 0 Å². The van der Waals surface area contributed by atoms with Gasteiger partial charge in [0, 0.05) is 6.61 Å². The topological polar surface area (TPSA) is 39.2 Å². The molecule has 1 fully saturated rings. The van der Waals surface area contributed by atoms with Crippen molar-refractivity contribution in [3.05, 3.63) is 28.5 Å². The summed E-state index contributed by atoms with van der Waals surface area (Å²) in [6, 6.07) is 1.81. The smallest absolute Gasteiger partial charge is 0.370 e. The Balaban J connectivity index is 2.23. The summed E-state index contributed by atoms with van der Waals surface area (Å²) >= 11 is 5.66. The van der Waals surface area contributed by atoms with Crippen LogP contribution in [0.15, 0.2) is 12.1 Å². The summed E-state index contributed by atoms with van der Waals surface area (Å²) in [6.07, 6.45) is -2.93. The SMILES string of the molecule is O=C(c1ccc(C(F)(F)F)nc1Cl)C1CCCCO1. The first-order chi connectivity index (χ1) is 8.89. The van der Waals surface area contributed by atoms with E-state index >= 15 is 0 Å². The molecule has 1 aliphatic heterocycles. The van der Waals surface area contributed by atoms with Gasteiger partial charge in [-0.05, 0) is 31.4 Å². The number of hydrogen-bond acceptors (Lipinski definition) is 3. The molecule has 3 nitrogen and oxygen atoms in total. The van der Waals surface area contributed by atoms with Crippen molar-refractivity contribution >= 4 is 17.4 Å². The molecule has 0 bridgehead atoms. The lowest BCUT2D eigenvalue weighted by atomic mass is 10.0. The summed E-state index contributed by atoms with van der Waals surface area (Å²) in [5.74, 6) is -0.411. The molecule has 0 spiro atoms. The zero-order valence-electron chi connectivity index (χ0n) is 9.84. The van der Waals surface area contributed by atoms with Gasteiger partial charge in [-0.3, -0.25) is 4.79 Å². The molecule has 104 valence electrons. The highest BCUT2D eigenvalue weighted by molar-refractivity contribution is 6.33. The van der Waals surface area contributed by atoms with Crippen LogP contribution in [0.2, 0.25) is 5.15 Å². The second-order valence-electron chi connectivity index (χ2n) is 4.25. The number of aromatic nitrogens is 1. The average molecular weight is 294 g/mol. The Morgan fingerprint density at radius 3 is 2.63 bits per heavy atom. The maximum Gasteiger partial charge on any atom is 0.433 e. The van der Waals surface area contributed by atoms with Gasteiger partial charge in [0.15, 0.2) is 5.78 Å². The van der Waals surface area contributed by atoms with E-state index in [0.717, 1.165) is 25.0 Å². The number of nitrogens with zero attached hydrogens (tertiary/aromatic N) is 1. The number of Topliss-reactive ketones (excluding diaryl/α,β-unsaturated/α-hetero) is 1. The van der Waals surface area contributed by atoms with E-state index in [9.17, 15) is 18.0 Å². The van der Waals surface area contributed by atoms with E-state index in [2.05, 4.69) is 4.98 Å². The molecule has 1 aliphatic rings. The zero-order valence-corrected chi connectivity index (χ0v) is 10.6. The zero-order chi connectivity index (χ0) is 14.0. The number of carbonyl (C=O) groups excluding carboxylic acids is 1. The van der Waals surface area contributed by atoms with Gasteiger partial charge in [-0.2, -0.15) is 13.2 Å². The average Bonchev–Trinajstić information content (AvgIpc) is 2.38. The van der Waals surface area contributed by atoms with Crippen molar-refractivity contribution in [1.29, 1.82) is 0 Å². The maximum absolute atomic E-state index is 12.4. The normalized spacial score (nSPS) is 20.3.